The molecule has 0 unspecified atom stereocenters. The maximum absolute atomic E-state index is 14.0. The number of ether oxygens (including phenoxy) is 1. The van der Waals surface area contributed by atoms with Gasteiger partial charge in [-0.25, -0.2) is 4.39 Å². The number of rotatable bonds is 6. The van der Waals surface area contributed by atoms with Crippen LogP contribution >= 0.6 is 23.8 Å². The summed E-state index contributed by atoms with van der Waals surface area (Å²) in [5.74, 6) is 1.08. The van der Waals surface area contributed by atoms with Crippen LogP contribution in [0.3, 0.4) is 0 Å². The number of anilines is 1. The van der Waals surface area contributed by atoms with Crippen molar-refractivity contribution in [2.24, 2.45) is 0 Å². The van der Waals surface area contributed by atoms with Crippen molar-refractivity contribution in [3.8, 4) is 17.2 Å². The molecular weight excluding hydrogens is 531 g/mol. The molecule has 0 amide bonds. The third kappa shape index (κ3) is 4.87. The van der Waals surface area contributed by atoms with Crippen molar-refractivity contribution in [1.82, 2.24) is 14.9 Å². The largest absolute Gasteiger partial charge is 0.457 e. The highest BCUT2D eigenvalue weighted by atomic mass is 35.5. The fourth-order valence-corrected chi connectivity index (χ4v) is 5.43. The van der Waals surface area contributed by atoms with Crippen LogP contribution in [0.15, 0.2) is 109 Å². The molecule has 5 nitrogen and oxygen atoms in total. The van der Waals surface area contributed by atoms with E-state index in [0.29, 0.717) is 5.11 Å². The van der Waals surface area contributed by atoms with Gasteiger partial charge in [0.1, 0.15) is 23.4 Å². The lowest BCUT2D eigenvalue weighted by Gasteiger charge is -2.29. The lowest BCUT2D eigenvalue weighted by Crippen LogP contribution is -2.30. The molecule has 0 radical (unpaired) electrons. The maximum Gasteiger partial charge on any atom is 0.174 e. The third-order valence-electron chi connectivity index (χ3n) is 6.80. The number of aryl methyl sites for hydroxylation is 1. The van der Waals surface area contributed by atoms with E-state index in [-0.39, 0.29) is 17.1 Å². The molecule has 3 heterocycles. The van der Waals surface area contributed by atoms with Gasteiger partial charge in [-0.1, -0.05) is 35.9 Å². The highest BCUT2D eigenvalue weighted by Gasteiger charge is 2.42. The molecular formula is C31H24ClFN4OS. The van der Waals surface area contributed by atoms with E-state index in [1.165, 1.54) is 6.07 Å². The van der Waals surface area contributed by atoms with Gasteiger partial charge in [0.05, 0.1) is 16.8 Å². The van der Waals surface area contributed by atoms with E-state index in [1.54, 1.807) is 18.3 Å². The topological polar surface area (TPSA) is 42.3 Å². The summed E-state index contributed by atoms with van der Waals surface area (Å²) in [6.45, 7) is 2.02. The normalized spacial score (nSPS) is 16.8. The molecule has 0 bridgehead atoms. The molecule has 8 heteroatoms. The molecule has 39 heavy (non-hydrogen) atoms. The van der Waals surface area contributed by atoms with Gasteiger partial charge in [0, 0.05) is 29.5 Å². The number of thiocarbonyl (C=S) groups is 1. The SMILES string of the molecule is Cc1ccccc1Oc1ccc(N2C(=S)N[C@@H](c3ccccn3)[C@@H]2c2cccn2-c2ccc(F)c(Cl)c2)cc1. The van der Waals surface area contributed by atoms with Crippen LogP contribution < -0.4 is 15.0 Å². The van der Waals surface area contributed by atoms with Gasteiger partial charge in [0.2, 0.25) is 0 Å². The minimum absolute atomic E-state index is 0.0644. The maximum atomic E-state index is 14.0. The molecule has 0 saturated carbocycles. The fourth-order valence-electron chi connectivity index (χ4n) is 4.91. The molecule has 2 atom stereocenters. The highest BCUT2D eigenvalue weighted by Crippen LogP contribution is 2.43. The molecule has 0 spiro atoms. The Morgan fingerprint density at radius 1 is 0.923 bits per heavy atom. The van der Waals surface area contributed by atoms with Gasteiger partial charge in [-0.2, -0.15) is 0 Å². The van der Waals surface area contributed by atoms with Crippen molar-refractivity contribution in [3.05, 3.63) is 137 Å². The molecule has 5 aromatic rings. The molecule has 194 valence electrons. The standard InChI is InChI=1S/C31H24ClFN4OS/c1-20-7-2-3-10-28(20)38-23-14-11-21(12-15-23)37-30(29(35-31(37)39)26-8-4-5-17-34-26)27-9-6-18-36(27)22-13-16-25(33)24(32)19-22/h2-19,29-30H,1H3,(H,35,39)/t29-,30-/m0/s1. The van der Waals surface area contributed by atoms with Gasteiger partial charge >= 0.3 is 0 Å². The first-order valence-corrected chi connectivity index (χ1v) is 13.2. The minimum atomic E-state index is -0.459. The van der Waals surface area contributed by atoms with Gasteiger partial charge in [0.15, 0.2) is 5.11 Å². The van der Waals surface area contributed by atoms with E-state index >= 15 is 0 Å². The monoisotopic (exact) mass is 554 g/mol. The predicted octanol–water partition coefficient (Wildman–Crippen LogP) is 7.94. The van der Waals surface area contributed by atoms with Gasteiger partial charge in [-0.15, -0.1) is 0 Å². The van der Waals surface area contributed by atoms with Crippen molar-refractivity contribution in [3.63, 3.8) is 0 Å². The minimum Gasteiger partial charge on any atom is -0.457 e. The molecule has 2 aromatic heterocycles. The van der Waals surface area contributed by atoms with Crippen molar-refractivity contribution in [2.45, 2.75) is 19.0 Å². The van der Waals surface area contributed by atoms with Crippen LogP contribution in [0.25, 0.3) is 5.69 Å². The van der Waals surface area contributed by atoms with Crippen LogP contribution in [0.1, 0.15) is 29.0 Å². The molecule has 1 aliphatic rings. The van der Waals surface area contributed by atoms with E-state index < -0.39 is 5.82 Å². The number of nitrogens with zero attached hydrogens (tertiary/aromatic N) is 3. The number of pyridine rings is 1. The number of benzene rings is 3. The summed E-state index contributed by atoms with van der Waals surface area (Å²) in [5, 5.41) is 4.12. The average Bonchev–Trinajstić information content (AvgIpc) is 3.57. The van der Waals surface area contributed by atoms with Crippen molar-refractivity contribution in [2.75, 3.05) is 4.90 Å². The van der Waals surface area contributed by atoms with Crippen LogP contribution in [0, 0.1) is 12.7 Å². The van der Waals surface area contributed by atoms with E-state index in [2.05, 4.69) is 15.2 Å². The van der Waals surface area contributed by atoms with Gasteiger partial charge in [-0.3, -0.25) is 4.98 Å². The zero-order chi connectivity index (χ0) is 26.9. The van der Waals surface area contributed by atoms with Crippen molar-refractivity contribution < 1.29 is 9.13 Å². The number of hydrogen-bond donors (Lipinski definition) is 1. The Labute approximate surface area is 236 Å². The number of nitrogens with one attached hydrogen (secondary N) is 1. The Bertz CT molecular complexity index is 1640. The average molecular weight is 555 g/mol. The molecule has 0 aliphatic carbocycles. The molecule has 1 N–H and O–H groups in total. The zero-order valence-corrected chi connectivity index (χ0v) is 22.5. The van der Waals surface area contributed by atoms with Gasteiger partial charge < -0.3 is 19.5 Å². The Morgan fingerprint density at radius 3 is 2.44 bits per heavy atom. The summed E-state index contributed by atoms with van der Waals surface area (Å²) in [6.07, 6.45) is 3.71. The van der Waals surface area contributed by atoms with Gasteiger partial charge in [-0.05, 0) is 97.5 Å². The third-order valence-corrected chi connectivity index (χ3v) is 7.40. The molecule has 3 aromatic carbocycles. The van der Waals surface area contributed by atoms with Crippen LogP contribution in [0.4, 0.5) is 10.1 Å². The molecule has 1 saturated heterocycles. The highest BCUT2D eigenvalue weighted by molar-refractivity contribution is 7.80. The van der Waals surface area contributed by atoms with Crippen LogP contribution in [0.5, 0.6) is 11.5 Å². The Hall–Kier alpha value is -4.20. The van der Waals surface area contributed by atoms with E-state index in [4.69, 9.17) is 28.6 Å². The molecule has 1 fully saturated rings. The number of hydrogen-bond acceptors (Lipinski definition) is 3. The quantitative estimate of drug-likeness (QED) is 0.216. The summed E-state index contributed by atoms with van der Waals surface area (Å²) in [4.78, 5) is 6.72. The number of para-hydroxylation sites is 1. The Balaban J connectivity index is 1.40. The zero-order valence-electron chi connectivity index (χ0n) is 21.0. The summed E-state index contributed by atoms with van der Waals surface area (Å²) in [6, 6.07) is 29.8. The van der Waals surface area contributed by atoms with E-state index in [0.717, 1.165) is 39.8 Å². The smallest absolute Gasteiger partial charge is 0.174 e. The Morgan fingerprint density at radius 2 is 1.69 bits per heavy atom. The van der Waals surface area contributed by atoms with E-state index in [1.807, 2.05) is 96.6 Å². The summed E-state index contributed by atoms with van der Waals surface area (Å²) in [5.41, 5.74) is 4.52. The van der Waals surface area contributed by atoms with Crippen LogP contribution in [-0.4, -0.2) is 14.7 Å². The first kappa shape index (κ1) is 25.1. The van der Waals surface area contributed by atoms with Crippen LogP contribution in [-0.2, 0) is 0 Å². The lowest BCUT2D eigenvalue weighted by atomic mass is 10.0. The fraction of sp³-hybridized carbons (Fsp3) is 0.0968. The second-order valence-electron chi connectivity index (χ2n) is 9.26. The summed E-state index contributed by atoms with van der Waals surface area (Å²) in [7, 11) is 0. The second-order valence-corrected chi connectivity index (χ2v) is 10.1. The predicted molar refractivity (Wildman–Crippen MR) is 156 cm³/mol. The summed E-state index contributed by atoms with van der Waals surface area (Å²) >= 11 is 12.0. The van der Waals surface area contributed by atoms with Crippen molar-refractivity contribution >= 4 is 34.6 Å². The molecule has 1 aliphatic heterocycles. The second kappa shape index (κ2) is 10.5. The Kier molecular flexibility index (Phi) is 6.77. The summed E-state index contributed by atoms with van der Waals surface area (Å²) < 4.78 is 22.1. The first-order valence-electron chi connectivity index (χ1n) is 12.5. The molecule has 6 rings (SSSR count). The first-order chi connectivity index (χ1) is 19.0. The van der Waals surface area contributed by atoms with Crippen molar-refractivity contribution in [1.29, 1.82) is 0 Å². The number of aromatic nitrogens is 2. The van der Waals surface area contributed by atoms with Gasteiger partial charge in [0.25, 0.3) is 0 Å². The van der Waals surface area contributed by atoms with Crippen LogP contribution in [0.2, 0.25) is 5.02 Å². The van der Waals surface area contributed by atoms with E-state index in [9.17, 15) is 4.39 Å². The number of halogens is 2. The lowest BCUT2D eigenvalue weighted by molar-refractivity contribution is 0.479.